The molecule has 0 heterocycles. The van der Waals surface area contributed by atoms with Crippen LogP contribution in [-0.2, 0) is 10.0 Å². The van der Waals surface area contributed by atoms with E-state index < -0.39 is 16.1 Å². The number of rotatable bonds is 5. The Labute approximate surface area is 105 Å². The van der Waals surface area contributed by atoms with Crippen molar-refractivity contribution in [3.63, 3.8) is 0 Å². The summed E-state index contributed by atoms with van der Waals surface area (Å²) in [6, 6.07) is 3.68. The van der Waals surface area contributed by atoms with Crippen LogP contribution in [0, 0.1) is 0 Å². The molecule has 9 heteroatoms. The molecular weight excluding hydrogens is 258 g/mol. The van der Waals surface area contributed by atoms with Gasteiger partial charge in [-0.25, -0.2) is 18.4 Å². The van der Waals surface area contributed by atoms with Gasteiger partial charge in [0.05, 0.1) is 5.69 Å². The van der Waals surface area contributed by atoms with E-state index in [4.69, 9.17) is 16.6 Å². The lowest BCUT2D eigenvalue weighted by Gasteiger charge is -2.09. The van der Waals surface area contributed by atoms with E-state index in [-0.39, 0.29) is 10.6 Å². The molecule has 0 aliphatic heterocycles. The van der Waals surface area contributed by atoms with E-state index in [0.717, 1.165) is 0 Å². The van der Waals surface area contributed by atoms with Gasteiger partial charge in [-0.2, -0.15) is 0 Å². The first-order valence-electron chi connectivity index (χ1n) is 5.00. The Kier molecular flexibility index (Phi) is 4.34. The smallest absolute Gasteiger partial charge is 0.312 e. The number of urea groups is 1. The zero-order valence-corrected chi connectivity index (χ0v) is 10.3. The highest BCUT2D eigenvalue weighted by Gasteiger charge is 2.11. The fourth-order valence-corrected chi connectivity index (χ4v) is 1.96. The van der Waals surface area contributed by atoms with Gasteiger partial charge in [-0.15, -0.1) is 0 Å². The van der Waals surface area contributed by atoms with Crippen LogP contribution in [0.3, 0.4) is 0 Å². The second kappa shape index (κ2) is 5.56. The van der Waals surface area contributed by atoms with Crippen molar-refractivity contribution < 1.29 is 13.2 Å². The van der Waals surface area contributed by atoms with Crippen molar-refractivity contribution in [2.24, 2.45) is 10.9 Å². The number of benzene rings is 1. The van der Waals surface area contributed by atoms with E-state index >= 15 is 0 Å². The number of nitrogen functional groups attached to an aromatic ring is 1. The Balaban J connectivity index is 2.65. The fourth-order valence-electron chi connectivity index (χ4n) is 1.31. The molecular formula is C9H15N5O3S. The van der Waals surface area contributed by atoms with Crippen molar-refractivity contribution >= 4 is 27.4 Å². The summed E-state index contributed by atoms with van der Waals surface area (Å²) in [5.74, 6) is 0. The van der Waals surface area contributed by atoms with Gasteiger partial charge >= 0.3 is 6.03 Å². The van der Waals surface area contributed by atoms with Crippen molar-refractivity contribution in [3.8, 4) is 0 Å². The Morgan fingerprint density at radius 3 is 2.44 bits per heavy atom. The molecule has 0 radical (unpaired) electrons. The van der Waals surface area contributed by atoms with Crippen LogP contribution in [0.15, 0.2) is 23.1 Å². The second-order valence-corrected chi connectivity index (χ2v) is 5.05. The van der Waals surface area contributed by atoms with Crippen molar-refractivity contribution in [3.05, 3.63) is 18.2 Å². The van der Waals surface area contributed by atoms with E-state index in [0.29, 0.717) is 18.8 Å². The van der Waals surface area contributed by atoms with E-state index in [2.05, 4.69) is 10.6 Å². The number of hydrogen-bond donors (Lipinski definition) is 5. The average molecular weight is 273 g/mol. The lowest BCUT2D eigenvalue weighted by Crippen LogP contribution is -2.33. The summed E-state index contributed by atoms with van der Waals surface area (Å²) in [6.45, 7) is 0.767. The first-order chi connectivity index (χ1) is 8.30. The number of anilines is 2. The molecule has 2 amide bonds. The number of carbonyl (C=O) groups is 1. The molecule has 0 saturated heterocycles. The topological polar surface area (TPSA) is 153 Å². The molecule has 0 aromatic heterocycles. The number of amides is 2. The second-order valence-electron chi connectivity index (χ2n) is 3.52. The minimum absolute atomic E-state index is 0.0605. The van der Waals surface area contributed by atoms with Crippen LogP contribution in [0.2, 0.25) is 0 Å². The lowest BCUT2D eigenvalue weighted by molar-refractivity contribution is 0.249. The van der Waals surface area contributed by atoms with Gasteiger partial charge in [-0.3, -0.25) is 0 Å². The van der Waals surface area contributed by atoms with Gasteiger partial charge < -0.3 is 22.1 Å². The van der Waals surface area contributed by atoms with E-state index in [9.17, 15) is 13.2 Å². The number of primary sulfonamides is 1. The van der Waals surface area contributed by atoms with Gasteiger partial charge in [0.2, 0.25) is 10.0 Å². The number of sulfonamides is 1. The highest BCUT2D eigenvalue weighted by atomic mass is 32.2. The maximum atomic E-state index is 11.1. The fraction of sp³-hybridized carbons (Fsp3) is 0.222. The lowest BCUT2D eigenvalue weighted by atomic mass is 10.3. The monoisotopic (exact) mass is 273 g/mol. The zero-order valence-electron chi connectivity index (χ0n) is 9.51. The van der Waals surface area contributed by atoms with Gasteiger partial charge in [-0.05, 0) is 18.2 Å². The minimum Gasteiger partial charge on any atom is -0.398 e. The third kappa shape index (κ3) is 4.11. The zero-order chi connectivity index (χ0) is 13.8. The van der Waals surface area contributed by atoms with Crippen molar-refractivity contribution in [1.82, 2.24) is 5.32 Å². The largest absolute Gasteiger partial charge is 0.398 e. The molecule has 0 bridgehead atoms. The molecule has 0 spiro atoms. The Morgan fingerprint density at radius 1 is 1.28 bits per heavy atom. The summed E-state index contributed by atoms with van der Waals surface area (Å²) in [4.78, 5) is 10.3. The molecule has 18 heavy (non-hydrogen) atoms. The standard InChI is InChI=1S/C9H15N5O3S/c10-7-5-6(13-3-4-14-9(11)15)1-2-8(7)18(12,16)17/h1-2,5,13H,3-4,10H2,(H3,11,14,15)(H2,12,16,17). The Hall–Kier alpha value is -2.00. The molecule has 100 valence electrons. The van der Waals surface area contributed by atoms with Crippen LogP contribution in [-0.4, -0.2) is 27.5 Å². The van der Waals surface area contributed by atoms with Gasteiger partial charge in [0.1, 0.15) is 4.90 Å². The summed E-state index contributed by atoms with van der Waals surface area (Å²) in [5, 5.41) is 10.3. The van der Waals surface area contributed by atoms with Crippen LogP contribution in [0.1, 0.15) is 0 Å². The molecule has 0 aliphatic rings. The van der Waals surface area contributed by atoms with Crippen LogP contribution in [0.5, 0.6) is 0 Å². The van der Waals surface area contributed by atoms with Crippen LogP contribution in [0.25, 0.3) is 0 Å². The summed E-state index contributed by atoms with van der Waals surface area (Å²) in [5.41, 5.74) is 11.1. The van der Waals surface area contributed by atoms with E-state index in [1.165, 1.54) is 18.2 Å². The molecule has 1 rings (SSSR count). The van der Waals surface area contributed by atoms with Gasteiger partial charge in [-0.1, -0.05) is 0 Å². The third-order valence-corrected chi connectivity index (χ3v) is 3.05. The minimum atomic E-state index is -3.81. The SMILES string of the molecule is NC(=O)NCCNc1ccc(S(N)(=O)=O)c(N)c1. The summed E-state index contributed by atoms with van der Waals surface area (Å²) < 4.78 is 22.2. The molecule has 1 aromatic rings. The van der Waals surface area contributed by atoms with Crippen LogP contribution < -0.4 is 27.2 Å². The molecule has 0 saturated carbocycles. The maximum Gasteiger partial charge on any atom is 0.312 e. The third-order valence-electron chi connectivity index (χ3n) is 2.07. The first kappa shape index (κ1) is 14.1. The predicted octanol–water partition coefficient (Wildman–Crippen LogP) is -1.00. The maximum absolute atomic E-state index is 11.1. The van der Waals surface area contributed by atoms with Gasteiger partial charge in [0.15, 0.2) is 0 Å². The van der Waals surface area contributed by atoms with E-state index in [1.54, 1.807) is 0 Å². The molecule has 0 unspecified atom stereocenters. The molecule has 1 aromatic carbocycles. The molecule has 0 atom stereocenters. The Bertz CT molecular complexity index is 543. The van der Waals surface area contributed by atoms with Crippen molar-refractivity contribution in [1.29, 1.82) is 0 Å². The first-order valence-corrected chi connectivity index (χ1v) is 6.55. The van der Waals surface area contributed by atoms with E-state index in [1.807, 2.05) is 0 Å². The molecule has 8 N–H and O–H groups in total. The van der Waals surface area contributed by atoms with Gasteiger partial charge in [0.25, 0.3) is 0 Å². The quantitative estimate of drug-likeness (QED) is 0.344. The highest BCUT2D eigenvalue weighted by molar-refractivity contribution is 7.89. The molecule has 8 nitrogen and oxygen atoms in total. The molecule has 0 fully saturated rings. The predicted molar refractivity (Wildman–Crippen MR) is 68.3 cm³/mol. The van der Waals surface area contributed by atoms with Gasteiger partial charge in [0, 0.05) is 18.8 Å². The number of primary amides is 1. The average Bonchev–Trinajstić information content (AvgIpc) is 2.22. The number of nitrogens with two attached hydrogens (primary N) is 3. The number of hydrogen-bond acceptors (Lipinski definition) is 5. The van der Waals surface area contributed by atoms with Crippen molar-refractivity contribution in [2.75, 3.05) is 24.1 Å². The molecule has 0 aliphatic carbocycles. The van der Waals surface area contributed by atoms with Crippen LogP contribution in [0.4, 0.5) is 16.2 Å². The van der Waals surface area contributed by atoms with Crippen molar-refractivity contribution in [2.45, 2.75) is 4.90 Å². The normalized spacial score (nSPS) is 10.9. The Morgan fingerprint density at radius 2 is 1.94 bits per heavy atom. The van der Waals surface area contributed by atoms with Crippen LogP contribution >= 0.6 is 0 Å². The summed E-state index contributed by atoms with van der Waals surface area (Å²) in [7, 11) is -3.81. The summed E-state index contributed by atoms with van der Waals surface area (Å²) in [6.07, 6.45) is 0. The summed E-state index contributed by atoms with van der Waals surface area (Å²) >= 11 is 0. The number of nitrogens with one attached hydrogen (secondary N) is 2. The number of carbonyl (C=O) groups excluding carboxylic acids is 1. The highest BCUT2D eigenvalue weighted by Crippen LogP contribution is 2.20.